The minimum absolute atomic E-state index is 0.246. The van der Waals surface area contributed by atoms with Gasteiger partial charge in [0.05, 0.1) is 14.2 Å². The van der Waals surface area contributed by atoms with E-state index in [0.29, 0.717) is 17.3 Å². The summed E-state index contributed by atoms with van der Waals surface area (Å²) in [7, 11) is 3.17. The molecule has 6 nitrogen and oxygen atoms in total. The van der Waals surface area contributed by atoms with Gasteiger partial charge in [0, 0.05) is 17.7 Å². The number of hydrogen-bond acceptors (Lipinski definition) is 5. The van der Waals surface area contributed by atoms with Crippen LogP contribution in [0.5, 0.6) is 11.5 Å². The number of oxazole rings is 1. The minimum Gasteiger partial charge on any atom is -0.497 e. The van der Waals surface area contributed by atoms with Crippen LogP contribution in [0.1, 0.15) is 21.6 Å². The third-order valence-electron chi connectivity index (χ3n) is 4.02. The van der Waals surface area contributed by atoms with E-state index in [1.807, 2.05) is 37.3 Å². The van der Waals surface area contributed by atoms with Crippen molar-refractivity contribution < 1.29 is 18.7 Å². The van der Waals surface area contributed by atoms with Crippen LogP contribution >= 0.6 is 0 Å². The van der Waals surface area contributed by atoms with E-state index in [9.17, 15) is 4.79 Å². The molecule has 3 aromatic rings. The maximum absolute atomic E-state index is 12.6. The number of methoxy groups -OCH3 is 2. The van der Waals surface area contributed by atoms with Gasteiger partial charge in [-0.2, -0.15) is 0 Å². The molecule has 0 spiro atoms. The number of rotatable bonds is 6. The van der Waals surface area contributed by atoms with Crippen LogP contribution in [0.15, 0.2) is 53.3 Å². The number of ether oxygens (including phenoxy) is 2. The monoisotopic (exact) mass is 352 g/mol. The number of carbonyl (C=O) groups excluding carboxylic acids is 1. The zero-order valence-electron chi connectivity index (χ0n) is 14.9. The van der Waals surface area contributed by atoms with E-state index in [1.54, 1.807) is 26.4 Å². The van der Waals surface area contributed by atoms with Gasteiger partial charge in [0.15, 0.2) is 17.8 Å². The first-order valence-electron chi connectivity index (χ1n) is 8.12. The van der Waals surface area contributed by atoms with Crippen LogP contribution in [0.2, 0.25) is 0 Å². The molecule has 0 aliphatic rings. The Hall–Kier alpha value is -3.28. The van der Waals surface area contributed by atoms with Gasteiger partial charge in [0.1, 0.15) is 11.5 Å². The van der Waals surface area contributed by atoms with E-state index < -0.39 is 0 Å². The van der Waals surface area contributed by atoms with Crippen molar-refractivity contribution in [2.75, 3.05) is 14.2 Å². The SMILES string of the molecule is COc1ccc(OC)c(CNC(=O)c2ncoc2-c2ccc(C)cc2)c1. The molecule has 0 bridgehead atoms. The van der Waals surface area contributed by atoms with Gasteiger partial charge in [-0.05, 0) is 25.1 Å². The van der Waals surface area contributed by atoms with Crippen molar-refractivity contribution in [2.45, 2.75) is 13.5 Å². The van der Waals surface area contributed by atoms with Crippen molar-refractivity contribution in [1.82, 2.24) is 10.3 Å². The summed E-state index contributed by atoms with van der Waals surface area (Å²) in [5.74, 6) is 1.49. The fraction of sp³-hybridized carbons (Fsp3) is 0.200. The van der Waals surface area contributed by atoms with E-state index >= 15 is 0 Å². The van der Waals surface area contributed by atoms with E-state index in [1.165, 1.54) is 6.39 Å². The highest BCUT2D eigenvalue weighted by atomic mass is 16.5. The van der Waals surface area contributed by atoms with Crippen molar-refractivity contribution in [3.63, 3.8) is 0 Å². The highest BCUT2D eigenvalue weighted by Crippen LogP contribution is 2.25. The first-order chi connectivity index (χ1) is 12.6. The first kappa shape index (κ1) is 17.5. The Morgan fingerprint density at radius 2 is 1.88 bits per heavy atom. The van der Waals surface area contributed by atoms with Crippen LogP contribution in [0.25, 0.3) is 11.3 Å². The molecule has 1 aromatic heterocycles. The molecule has 0 atom stereocenters. The van der Waals surface area contributed by atoms with Crippen LogP contribution < -0.4 is 14.8 Å². The third kappa shape index (κ3) is 3.69. The van der Waals surface area contributed by atoms with Gasteiger partial charge < -0.3 is 19.2 Å². The predicted octanol–water partition coefficient (Wildman–Crippen LogP) is 3.60. The first-order valence-corrected chi connectivity index (χ1v) is 8.12. The molecule has 0 radical (unpaired) electrons. The molecule has 134 valence electrons. The van der Waals surface area contributed by atoms with Gasteiger partial charge in [-0.15, -0.1) is 0 Å². The number of aryl methyl sites for hydroxylation is 1. The number of hydrogen-bond donors (Lipinski definition) is 1. The molecule has 0 fully saturated rings. The molecule has 1 amide bonds. The predicted molar refractivity (Wildman–Crippen MR) is 97.4 cm³/mol. The summed E-state index contributed by atoms with van der Waals surface area (Å²) in [6.07, 6.45) is 1.27. The standard InChI is InChI=1S/C20H20N2O4/c1-13-4-6-14(7-5-13)19-18(22-12-26-19)20(23)21-11-15-10-16(24-2)8-9-17(15)25-3/h4-10,12H,11H2,1-3H3,(H,21,23). The molecule has 0 saturated carbocycles. The topological polar surface area (TPSA) is 73.6 Å². The number of nitrogens with one attached hydrogen (secondary N) is 1. The molecule has 0 saturated heterocycles. The molecular formula is C20H20N2O4. The smallest absolute Gasteiger partial charge is 0.274 e. The van der Waals surface area contributed by atoms with Crippen molar-refractivity contribution in [2.24, 2.45) is 0 Å². The highest BCUT2D eigenvalue weighted by molar-refractivity contribution is 5.97. The summed E-state index contributed by atoms with van der Waals surface area (Å²) in [5, 5.41) is 2.85. The highest BCUT2D eigenvalue weighted by Gasteiger charge is 2.18. The Bertz CT molecular complexity index is 900. The summed E-state index contributed by atoms with van der Waals surface area (Å²) in [6.45, 7) is 2.28. The number of amides is 1. The number of benzene rings is 2. The maximum atomic E-state index is 12.6. The van der Waals surface area contributed by atoms with Gasteiger partial charge in [0.25, 0.3) is 5.91 Å². The largest absolute Gasteiger partial charge is 0.497 e. The van der Waals surface area contributed by atoms with Crippen molar-refractivity contribution in [3.8, 4) is 22.8 Å². The van der Waals surface area contributed by atoms with Crippen LogP contribution in [0.4, 0.5) is 0 Å². The quantitative estimate of drug-likeness (QED) is 0.734. The lowest BCUT2D eigenvalue weighted by Crippen LogP contribution is -2.24. The average Bonchev–Trinajstić information content (AvgIpc) is 3.16. The second kappa shape index (κ2) is 7.74. The molecule has 1 N–H and O–H groups in total. The fourth-order valence-corrected chi connectivity index (χ4v) is 2.60. The van der Waals surface area contributed by atoms with Gasteiger partial charge in [-0.3, -0.25) is 4.79 Å². The zero-order valence-corrected chi connectivity index (χ0v) is 14.9. The summed E-state index contributed by atoms with van der Waals surface area (Å²) >= 11 is 0. The molecule has 1 heterocycles. The van der Waals surface area contributed by atoms with Crippen LogP contribution in [0, 0.1) is 6.92 Å². The Kier molecular flexibility index (Phi) is 5.22. The van der Waals surface area contributed by atoms with E-state index in [4.69, 9.17) is 13.9 Å². The molecular weight excluding hydrogens is 332 g/mol. The summed E-state index contributed by atoms with van der Waals surface area (Å²) in [5.41, 5.74) is 2.98. The Balaban J connectivity index is 1.78. The molecule has 6 heteroatoms. The molecule has 2 aromatic carbocycles. The number of nitrogens with zero attached hydrogens (tertiary/aromatic N) is 1. The van der Waals surface area contributed by atoms with Gasteiger partial charge in [-0.1, -0.05) is 29.8 Å². The van der Waals surface area contributed by atoms with Crippen LogP contribution in [-0.4, -0.2) is 25.1 Å². The minimum atomic E-state index is -0.320. The van der Waals surface area contributed by atoms with Crippen LogP contribution in [0.3, 0.4) is 0 Å². The number of aromatic nitrogens is 1. The second-order valence-corrected chi connectivity index (χ2v) is 5.76. The van der Waals surface area contributed by atoms with E-state index in [2.05, 4.69) is 10.3 Å². The average molecular weight is 352 g/mol. The van der Waals surface area contributed by atoms with Crippen molar-refractivity contribution in [3.05, 3.63) is 65.7 Å². The fourth-order valence-electron chi connectivity index (χ4n) is 2.60. The van der Waals surface area contributed by atoms with E-state index in [0.717, 1.165) is 16.7 Å². The Labute approximate surface area is 151 Å². The molecule has 0 unspecified atom stereocenters. The van der Waals surface area contributed by atoms with Crippen molar-refractivity contribution >= 4 is 5.91 Å². The Morgan fingerprint density at radius 3 is 2.58 bits per heavy atom. The van der Waals surface area contributed by atoms with Gasteiger partial charge in [-0.25, -0.2) is 4.98 Å². The summed E-state index contributed by atoms with van der Waals surface area (Å²) < 4.78 is 16.0. The van der Waals surface area contributed by atoms with Gasteiger partial charge in [0.2, 0.25) is 0 Å². The lowest BCUT2D eigenvalue weighted by Gasteiger charge is -2.11. The lowest BCUT2D eigenvalue weighted by atomic mass is 10.1. The normalized spacial score (nSPS) is 10.4. The molecule has 0 aliphatic carbocycles. The lowest BCUT2D eigenvalue weighted by molar-refractivity contribution is 0.0946. The van der Waals surface area contributed by atoms with Gasteiger partial charge >= 0.3 is 0 Å². The maximum Gasteiger partial charge on any atom is 0.274 e. The zero-order chi connectivity index (χ0) is 18.5. The number of carbonyl (C=O) groups is 1. The summed E-state index contributed by atoms with van der Waals surface area (Å²) in [4.78, 5) is 16.7. The second-order valence-electron chi connectivity index (χ2n) is 5.76. The Morgan fingerprint density at radius 1 is 1.12 bits per heavy atom. The third-order valence-corrected chi connectivity index (χ3v) is 4.02. The molecule has 3 rings (SSSR count). The summed E-state index contributed by atoms with van der Waals surface area (Å²) in [6, 6.07) is 13.1. The van der Waals surface area contributed by atoms with E-state index in [-0.39, 0.29) is 18.1 Å². The van der Waals surface area contributed by atoms with Crippen LogP contribution in [-0.2, 0) is 6.54 Å². The molecule has 26 heavy (non-hydrogen) atoms. The molecule has 0 aliphatic heterocycles. The van der Waals surface area contributed by atoms with Crippen molar-refractivity contribution in [1.29, 1.82) is 0 Å².